The number of benzene rings is 2. The molecule has 0 aliphatic carbocycles. The molecule has 232 valence electrons. The lowest BCUT2D eigenvalue weighted by Gasteiger charge is -2.09. The van der Waals surface area contributed by atoms with Crippen molar-refractivity contribution in [2.45, 2.75) is 41.5 Å². The van der Waals surface area contributed by atoms with Gasteiger partial charge in [0.1, 0.15) is 11.0 Å². The average Bonchev–Trinajstić information content (AvgIpc) is 3.88. The van der Waals surface area contributed by atoms with Crippen LogP contribution in [-0.2, 0) is 0 Å². The molecule has 0 atom stereocenters. The van der Waals surface area contributed by atoms with E-state index in [1.807, 2.05) is 68.0 Å². The fraction of sp³-hybridized carbons (Fsp3) is 0.158. The van der Waals surface area contributed by atoms with Crippen LogP contribution in [0.25, 0.3) is 82.7 Å². The van der Waals surface area contributed by atoms with E-state index in [0.29, 0.717) is 0 Å². The van der Waals surface area contributed by atoms with Gasteiger partial charge in [0, 0.05) is 91.2 Å². The van der Waals surface area contributed by atoms with E-state index in [4.69, 9.17) is 8.75 Å². The normalized spacial score (nSPS) is 12.0. The highest BCUT2D eigenvalue weighted by atomic mass is 32.1. The first kappa shape index (κ1) is 30.1. The van der Waals surface area contributed by atoms with Gasteiger partial charge in [0.25, 0.3) is 0 Å². The maximum absolute atomic E-state index is 4.83. The Morgan fingerprint density at radius 1 is 0.447 bits per heavy atom. The lowest BCUT2D eigenvalue weighted by molar-refractivity contribution is 1.44. The fourth-order valence-electron chi connectivity index (χ4n) is 6.46. The molecule has 9 rings (SSSR count). The third kappa shape index (κ3) is 4.85. The Kier molecular flexibility index (Phi) is 7.21. The van der Waals surface area contributed by atoms with Crippen molar-refractivity contribution in [2.24, 2.45) is 0 Å². The van der Waals surface area contributed by atoms with Crippen LogP contribution in [0.5, 0.6) is 0 Å². The van der Waals surface area contributed by atoms with Crippen molar-refractivity contribution in [1.29, 1.82) is 0 Å². The van der Waals surface area contributed by atoms with Crippen molar-refractivity contribution >= 4 is 111 Å². The summed E-state index contributed by atoms with van der Waals surface area (Å²) in [6, 6.07) is 23.2. The third-order valence-electron chi connectivity index (χ3n) is 8.81. The van der Waals surface area contributed by atoms with Crippen molar-refractivity contribution in [3.05, 3.63) is 91.3 Å². The van der Waals surface area contributed by atoms with Crippen molar-refractivity contribution in [1.82, 2.24) is 8.75 Å². The van der Waals surface area contributed by atoms with Crippen LogP contribution < -0.4 is 0 Å². The first-order valence-corrected chi connectivity index (χ1v) is 20.9. The Morgan fingerprint density at radius 3 is 1.60 bits per heavy atom. The largest absolute Gasteiger partial charge is 0.172 e. The smallest absolute Gasteiger partial charge is 0.114 e. The summed E-state index contributed by atoms with van der Waals surface area (Å²) in [5.41, 5.74) is 9.78. The van der Waals surface area contributed by atoms with E-state index < -0.39 is 0 Å². The molecule has 0 saturated heterocycles. The van der Waals surface area contributed by atoms with Crippen molar-refractivity contribution in [2.75, 3.05) is 0 Å². The zero-order valence-electron chi connectivity index (χ0n) is 26.5. The minimum Gasteiger partial charge on any atom is -0.172 e. The second-order valence-electron chi connectivity index (χ2n) is 12.1. The highest BCUT2D eigenvalue weighted by Gasteiger charge is 2.24. The summed E-state index contributed by atoms with van der Waals surface area (Å²) in [7, 11) is 0. The molecule has 7 aromatic heterocycles. The molecule has 0 aliphatic rings. The highest BCUT2D eigenvalue weighted by Crippen LogP contribution is 2.54. The van der Waals surface area contributed by atoms with Crippen molar-refractivity contribution in [3.63, 3.8) is 0 Å². The van der Waals surface area contributed by atoms with Gasteiger partial charge in [-0.05, 0) is 101 Å². The molecule has 0 amide bonds. The van der Waals surface area contributed by atoms with Gasteiger partial charge in [-0.25, -0.2) is 0 Å². The maximum atomic E-state index is 4.83. The van der Waals surface area contributed by atoms with Gasteiger partial charge in [-0.15, -0.1) is 68.0 Å². The number of nitrogens with zero attached hydrogens (tertiary/aromatic N) is 2. The number of thiophene rings is 6. The summed E-state index contributed by atoms with van der Waals surface area (Å²) in [5.74, 6) is 0. The first-order chi connectivity index (χ1) is 22.7. The molecule has 0 saturated carbocycles. The van der Waals surface area contributed by atoms with Crippen molar-refractivity contribution in [3.8, 4) is 51.5 Å². The minimum atomic E-state index is 1.00. The van der Waals surface area contributed by atoms with E-state index in [1.54, 1.807) is 0 Å². The van der Waals surface area contributed by atoms with Crippen molar-refractivity contribution < 1.29 is 0 Å². The predicted molar refractivity (Wildman–Crippen MR) is 215 cm³/mol. The fourth-order valence-corrected chi connectivity index (χ4v) is 13.8. The lowest BCUT2D eigenvalue weighted by Crippen LogP contribution is -1.82. The average molecular weight is 737 g/mol. The molecule has 0 aliphatic heterocycles. The maximum Gasteiger partial charge on any atom is 0.114 e. The molecule has 9 aromatic rings. The molecule has 0 bridgehead atoms. The zero-order chi connectivity index (χ0) is 32.1. The Morgan fingerprint density at radius 2 is 1.02 bits per heavy atom. The predicted octanol–water partition coefficient (Wildman–Crippen LogP) is 14.6. The van der Waals surface area contributed by atoms with Crippen LogP contribution in [0.3, 0.4) is 0 Å². The molecular weight excluding hydrogens is 709 g/mol. The number of hydrogen-bond acceptors (Lipinski definition) is 9. The van der Waals surface area contributed by atoms with E-state index in [-0.39, 0.29) is 0 Å². The Bertz CT molecular complexity index is 2550. The molecule has 0 unspecified atom stereocenters. The molecule has 2 nitrogen and oxygen atoms in total. The summed E-state index contributed by atoms with van der Waals surface area (Å²) >= 11 is 12.7. The lowest BCUT2D eigenvalue weighted by atomic mass is 9.99. The monoisotopic (exact) mass is 736 g/mol. The summed E-state index contributed by atoms with van der Waals surface area (Å²) in [6.07, 6.45) is 0. The van der Waals surface area contributed by atoms with Crippen LogP contribution >= 0.6 is 79.7 Å². The molecule has 47 heavy (non-hydrogen) atoms. The highest BCUT2D eigenvalue weighted by molar-refractivity contribution is 7.28. The zero-order valence-corrected chi connectivity index (χ0v) is 32.2. The van der Waals surface area contributed by atoms with Gasteiger partial charge in [-0.2, -0.15) is 8.75 Å². The molecule has 0 radical (unpaired) electrons. The van der Waals surface area contributed by atoms with Gasteiger partial charge in [-0.3, -0.25) is 0 Å². The van der Waals surface area contributed by atoms with Gasteiger partial charge in [-0.1, -0.05) is 12.1 Å². The van der Waals surface area contributed by atoms with E-state index in [0.717, 1.165) is 11.0 Å². The summed E-state index contributed by atoms with van der Waals surface area (Å²) < 4.78 is 12.4. The van der Waals surface area contributed by atoms with Crippen LogP contribution in [0.15, 0.2) is 60.7 Å². The SMILES string of the molecule is Cc1ccc(-c2c3cc(-c4sc(-c5ccc(-c6cc(C)c(C)s6)c6nsnc56)cc4C)sc3c(-c3ccc(C)s3)c3cc(C)sc23)s1. The number of aryl methyl sites for hydroxylation is 6. The molecular formula is C38H28N2S7. The van der Waals surface area contributed by atoms with Gasteiger partial charge >= 0.3 is 0 Å². The van der Waals surface area contributed by atoms with Gasteiger partial charge in [0.2, 0.25) is 0 Å². The van der Waals surface area contributed by atoms with Gasteiger partial charge < -0.3 is 0 Å². The summed E-state index contributed by atoms with van der Waals surface area (Å²) in [5, 5.41) is 2.75. The summed E-state index contributed by atoms with van der Waals surface area (Å²) in [6.45, 7) is 13.3. The molecule has 9 heteroatoms. The van der Waals surface area contributed by atoms with Crippen LogP contribution in [0.2, 0.25) is 0 Å². The van der Waals surface area contributed by atoms with Crippen LogP contribution in [-0.4, -0.2) is 8.75 Å². The van der Waals surface area contributed by atoms with E-state index in [1.165, 1.54) is 114 Å². The number of fused-ring (bicyclic) bond motifs is 3. The molecule has 0 spiro atoms. The number of aromatic nitrogens is 2. The van der Waals surface area contributed by atoms with E-state index >= 15 is 0 Å². The first-order valence-electron chi connectivity index (χ1n) is 15.3. The number of rotatable bonds is 5. The number of hydrogen-bond donors (Lipinski definition) is 0. The molecule has 2 aromatic carbocycles. The Hall–Kier alpha value is -3.02. The third-order valence-corrected chi connectivity index (χ3v) is 16.2. The Balaban J connectivity index is 1.25. The van der Waals surface area contributed by atoms with Crippen LogP contribution in [0, 0.1) is 41.5 Å². The van der Waals surface area contributed by atoms with E-state index in [2.05, 4.69) is 102 Å². The topological polar surface area (TPSA) is 25.8 Å². The molecule has 0 fully saturated rings. The Labute approximate surface area is 301 Å². The van der Waals surface area contributed by atoms with Gasteiger partial charge in [0.05, 0.1) is 11.7 Å². The van der Waals surface area contributed by atoms with E-state index in [9.17, 15) is 0 Å². The second kappa shape index (κ2) is 11.3. The molecule has 7 heterocycles. The van der Waals surface area contributed by atoms with Crippen LogP contribution in [0.1, 0.15) is 30.6 Å². The molecule has 0 N–H and O–H groups in total. The van der Waals surface area contributed by atoms with Gasteiger partial charge in [0.15, 0.2) is 0 Å². The quantitative estimate of drug-likeness (QED) is 0.176. The minimum absolute atomic E-state index is 1.00. The standard InChI is InChI=1S/C38H28N2S7/c1-17-13-29(44-22(17)6)23-9-10-24(35-34(23)39-47-40-35)30-14-18(2)36(45-30)31-16-26-33(28-12-8-20(4)42-28)37-25(15-21(5)43-37)32(38(26)46-31)27-11-7-19(3)41-27/h7-16H,1-6H3. The van der Waals surface area contributed by atoms with Crippen LogP contribution in [0.4, 0.5) is 0 Å². The second-order valence-corrected chi connectivity index (χ2v) is 19.8. The summed E-state index contributed by atoms with van der Waals surface area (Å²) in [4.78, 5) is 13.3.